The lowest BCUT2D eigenvalue weighted by molar-refractivity contribution is -0.136. The highest BCUT2D eigenvalue weighted by Crippen LogP contribution is 2.34. The molecule has 2 N–H and O–H groups in total. The Labute approximate surface area is 147 Å². The Hall–Kier alpha value is -3.35. The number of para-hydroxylation sites is 2. The smallest absolute Gasteiger partial charge is 0.354 e. The summed E-state index contributed by atoms with van der Waals surface area (Å²) in [5.41, 5.74) is 0.309. The molecule has 0 radical (unpaired) electrons. The predicted molar refractivity (Wildman–Crippen MR) is 93.4 cm³/mol. The number of rotatable bonds is 4. The molecule has 3 rings (SSSR count). The van der Waals surface area contributed by atoms with Gasteiger partial charge in [0, 0.05) is 5.69 Å². The zero-order valence-electron chi connectivity index (χ0n) is 13.4. The highest BCUT2D eigenvalue weighted by Gasteiger charge is 2.33. The average molecular weight is 357 g/mol. The number of aromatic nitrogens is 1. The van der Waals surface area contributed by atoms with E-state index in [1.54, 1.807) is 6.07 Å². The highest BCUT2D eigenvalue weighted by molar-refractivity contribution is 6.03. The quantitative estimate of drug-likeness (QED) is 0.683. The van der Waals surface area contributed by atoms with E-state index in [0.29, 0.717) is 5.69 Å². The van der Waals surface area contributed by atoms with Crippen LogP contribution in [0.5, 0.6) is 0 Å². The summed E-state index contributed by atoms with van der Waals surface area (Å²) in [7, 11) is 0. The summed E-state index contributed by atoms with van der Waals surface area (Å²) in [5, 5.41) is 5.37. The number of anilines is 3. The summed E-state index contributed by atoms with van der Waals surface area (Å²) < 4.78 is 39.0. The normalized spacial score (nSPS) is 11.0. The van der Waals surface area contributed by atoms with Gasteiger partial charge in [-0.05, 0) is 36.4 Å². The van der Waals surface area contributed by atoms with Gasteiger partial charge in [-0.2, -0.15) is 13.2 Å². The van der Waals surface area contributed by atoms with Gasteiger partial charge in [-0.1, -0.05) is 30.3 Å². The van der Waals surface area contributed by atoms with E-state index >= 15 is 0 Å². The van der Waals surface area contributed by atoms with Crippen LogP contribution < -0.4 is 10.6 Å². The van der Waals surface area contributed by atoms with E-state index in [1.165, 1.54) is 30.5 Å². The van der Waals surface area contributed by atoms with Crippen molar-refractivity contribution in [1.29, 1.82) is 0 Å². The molecule has 0 unspecified atom stereocenters. The molecule has 1 amide bonds. The molecule has 2 aromatic carbocycles. The fraction of sp³-hybridized carbons (Fsp3) is 0.0526. The first-order chi connectivity index (χ1) is 12.4. The molecule has 26 heavy (non-hydrogen) atoms. The van der Waals surface area contributed by atoms with Gasteiger partial charge in [0.05, 0.1) is 23.1 Å². The Bertz CT molecular complexity index is 894. The van der Waals surface area contributed by atoms with Gasteiger partial charge in [0.2, 0.25) is 0 Å². The summed E-state index contributed by atoms with van der Waals surface area (Å²) in [6.45, 7) is 0. The second kappa shape index (κ2) is 7.26. The maximum atomic E-state index is 13.0. The molecule has 1 aromatic heterocycles. The fourth-order valence-electron chi connectivity index (χ4n) is 2.32. The molecular formula is C19H14F3N3O. The summed E-state index contributed by atoms with van der Waals surface area (Å²) in [4.78, 5) is 16.2. The first-order valence-electron chi connectivity index (χ1n) is 7.69. The van der Waals surface area contributed by atoms with Crippen LogP contribution in [0.4, 0.5) is 30.2 Å². The first kappa shape index (κ1) is 17.5. The standard InChI is InChI=1S/C19H14F3N3O/c20-19(21,22)15-8-4-5-9-16(15)25-18(26)17-11-10-14(12-23-17)24-13-6-2-1-3-7-13/h1-12,24H,(H,25,26). The van der Waals surface area contributed by atoms with Crippen LogP contribution in [0.1, 0.15) is 16.1 Å². The SMILES string of the molecule is O=C(Nc1ccccc1C(F)(F)F)c1ccc(Nc2ccccc2)cn1. The zero-order valence-corrected chi connectivity index (χ0v) is 13.4. The molecule has 0 aliphatic rings. The molecule has 0 saturated carbocycles. The second-order valence-corrected chi connectivity index (χ2v) is 5.42. The van der Waals surface area contributed by atoms with Gasteiger partial charge < -0.3 is 10.6 Å². The Morgan fingerprint density at radius 3 is 2.19 bits per heavy atom. The van der Waals surface area contributed by atoms with E-state index in [4.69, 9.17) is 0 Å². The third-order valence-electron chi connectivity index (χ3n) is 3.54. The number of hydrogen-bond donors (Lipinski definition) is 2. The third-order valence-corrected chi connectivity index (χ3v) is 3.54. The molecule has 7 heteroatoms. The number of hydrogen-bond acceptors (Lipinski definition) is 3. The summed E-state index contributed by atoms with van der Waals surface area (Å²) >= 11 is 0. The van der Waals surface area contributed by atoms with Crippen molar-refractivity contribution < 1.29 is 18.0 Å². The molecule has 0 bridgehead atoms. The van der Waals surface area contributed by atoms with E-state index < -0.39 is 17.6 Å². The van der Waals surface area contributed by atoms with Crippen molar-refractivity contribution in [2.24, 2.45) is 0 Å². The fourth-order valence-corrected chi connectivity index (χ4v) is 2.32. The lowest BCUT2D eigenvalue weighted by Crippen LogP contribution is -2.17. The maximum absolute atomic E-state index is 13.0. The molecule has 3 aromatic rings. The van der Waals surface area contributed by atoms with Gasteiger partial charge in [0.1, 0.15) is 5.69 Å². The van der Waals surface area contributed by atoms with Crippen LogP contribution in [0.3, 0.4) is 0 Å². The molecule has 1 heterocycles. The van der Waals surface area contributed by atoms with Crippen molar-refractivity contribution in [3.63, 3.8) is 0 Å². The first-order valence-corrected chi connectivity index (χ1v) is 7.69. The van der Waals surface area contributed by atoms with Gasteiger partial charge in [-0.3, -0.25) is 4.79 Å². The van der Waals surface area contributed by atoms with Crippen molar-refractivity contribution in [2.75, 3.05) is 10.6 Å². The van der Waals surface area contributed by atoms with Gasteiger partial charge in [0.15, 0.2) is 0 Å². The number of carbonyl (C=O) groups is 1. The minimum atomic E-state index is -4.55. The van der Waals surface area contributed by atoms with Crippen molar-refractivity contribution in [3.8, 4) is 0 Å². The van der Waals surface area contributed by atoms with Crippen molar-refractivity contribution in [2.45, 2.75) is 6.18 Å². The Balaban J connectivity index is 1.73. The molecule has 0 aliphatic carbocycles. The minimum absolute atomic E-state index is 0.0144. The molecule has 0 fully saturated rings. The molecule has 0 atom stereocenters. The van der Waals surface area contributed by atoms with E-state index in [1.807, 2.05) is 30.3 Å². The minimum Gasteiger partial charge on any atom is -0.354 e. The molecule has 132 valence electrons. The van der Waals surface area contributed by atoms with Gasteiger partial charge in [-0.15, -0.1) is 0 Å². The number of alkyl halides is 3. The van der Waals surface area contributed by atoms with Crippen LogP contribution in [0.2, 0.25) is 0 Å². The van der Waals surface area contributed by atoms with Crippen molar-refractivity contribution in [1.82, 2.24) is 4.98 Å². The van der Waals surface area contributed by atoms with Gasteiger partial charge in [-0.25, -0.2) is 4.98 Å². The zero-order chi connectivity index (χ0) is 18.6. The number of benzene rings is 2. The monoisotopic (exact) mass is 357 g/mol. The summed E-state index contributed by atoms with van der Waals surface area (Å²) in [6.07, 6.45) is -3.11. The van der Waals surface area contributed by atoms with Crippen molar-refractivity contribution >= 4 is 23.0 Å². The number of pyridine rings is 1. The second-order valence-electron chi connectivity index (χ2n) is 5.42. The van der Waals surface area contributed by atoms with E-state index in [9.17, 15) is 18.0 Å². The van der Waals surface area contributed by atoms with Gasteiger partial charge in [0.25, 0.3) is 5.91 Å². The Morgan fingerprint density at radius 2 is 1.54 bits per heavy atom. The van der Waals surface area contributed by atoms with E-state index in [-0.39, 0.29) is 11.4 Å². The Morgan fingerprint density at radius 1 is 0.846 bits per heavy atom. The third kappa shape index (κ3) is 4.18. The molecule has 0 spiro atoms. The van der Waals surface area contributed by atoms with Crippen LogP contribution in [-0.4, -0.2) is 10.9 Å². The van der Waals surface area contributed by atoms with Crippen molar-refractivity contribution in [3.05, 3.63) is 84.2 Å². The largest absolute Gasteiger partial charge is 0.418 e. The number of nitrogens with zero attached hydrogens (tertiary/aromatic N) is 1. The van der Waals surface area contributed by atoms with E-state index in [0.717, 1.165) is 11.8 Å². The maximum Gasteiger partial charge on any atom is 0.418 e. The van der Waals surface area contributed by atoms with Gasteiger partial charge >= 0.3 is 6.18 Å². The predicted octanol–water partition coefficient (Wildman–Crippen LogP) is 5.10. The highest BCUT2D eigenvalue weighted by atomic mass is 19.4. The summed E-state index contributed by atoms with van der Waals surface area (Å²) in [6, 6.07) is 17.2. The molecular weight excluding hydrogens is 343 g/mol. The number of carbonyl (C=O) groups excluding carboxylic acids is 1. The van der Waals surface area contributed by atoms with Crippen LogP contribution in [0, 0.1) is 0 Å². The number of halogens is 3. The Kier molecular flexibility index (Phi) is 4.88. The lowest BCUT2D eigenvalue weighted by atomic mass is 10.1. The van der Waals surface area contributed by atoms with Crippen LogP contribution in [0.25, 0.3) is 0 Å². The molecule has 0 aliphatic heterocycles. The lowest BCUT2D eigenvalue weighted by Gasteiger charge is -2.13. The topological polar surface area (TPSA) is 54.0 Å². The van der Waals surface area contributed by atoms with Crippen LogP contribution in [-0.2, 0) is 6.18 Å². The summed E-state index contributed by atoms with van der Waals surface area (Å²) in [5.74, 6) is -0.715. The van der Waals surface area contributed by atoms with Crippen LogP contribution >= 0.6 is 0 Å². The molecule has 4 nitrogen and oxygen atoms in total. The van der Waals surface area contributed by atoms with E-state index in [2.05, 4.69) is 15.6 Å². The number of amides is 1. The number of nitrogens with one attached hydrogen (secondary N) is 2. The van der Waals surface area contributed by atoms with Crippen LogP contribution in [0.15, 0.2) is 72.9 Å². The molecule has 0 saturated heterocycles. The average Bonchev–Trinajstić information content (AvgIpc) is 2.63.